The quantitative estimate of drug-likeness (QED) is 0.171. The van der Waals surface area contributed by atoms with Crippen molar-refractivity contribution in [2.45, 2.75) is 51.9 Å². The molecular formula is C27H31F3N8O6. The number of nitrogens with two attached hydrogens (primary N) is 1. The molecule has 0 unspecified atom stereocenters. The third kappa shape index (κ3) is 8.56. The first-order chi connectivity index (χ1) is 20.7. The molecule has 0 saturated heterocycles. The molecule has 2 heterocycles. The third-order valence-electron chi connectivity index (χ3n) is 6.22. The zero-order valence-corrected chi connectivity index (χ0v) is 24.0. The van der Waals surface area contributed by atoms with E-state index in [1.54, 1.807) is 13.8 Å². The van der Waals surface area contributed by atoms with Gasteiger partial charge in [0.15, 0.2) is 11.2 Å². The highest BCUT2D eigenvalue weighted by Gasteiger charge is 2.43. The van der Waals surface area contributed by atoms with Gasteiger partial charge in [0.05, 0.1) is 25.5 Å². The van der Waals surface area contributed by atoms with Gasteiger partial charge in [0.25, 0.3) is 11.5 Å². The number of halogens is 3. The van der Waals surface area contributed by atoms with E-state index in [-0.39, 0.29) is 40.5 Å². The number of alkyl halides is 3. The molecule has 0 aliphatic heterocycles. The van der Waals surface area contributed by atoms with Crippen LogP contribution in [0.5, 0.6) is 0 Å². The second kappa shape index (κ2) is 14.5. The topological polar surface area (TPSA) is 202 Å². The molecule has 3 amide bonds. The average Bonchev–Trinajstić information content (AvgIpc) is 2.98. The molecule has 17 heteroatoms. The second-order valence-corrected chi connectivity index (χ2v) is 9.86. The van der Waals surface area contributed by atoms with E-state index in [4.69, 9.17) is 10.5 Å². The molecule has 1 aromatic carbocycles. The van der Waals surface area contributed by atoms with Crippen LogP contribution in [0.15, 0.2) is 35.3 Å². The number of carbonyl (C=O) groups is 4. The zero-order chi connectivity index (χ0) is 32.6. The van der Waals surface area contributed by atoms with E-state index in [1.165, 1.54) is 19.2 Å². The van der Waals surface area contributed by atoms with E-state index < -0.39 is 53.9 Å². The van der Waals surface area contributed by atoms with E-state index in [1.807, 2.05) is 0 Å². The summed E-state index contributed by atoms with van der Waals surface area (Å²) in [6.45, 7) is 2.91. The van der Waals surface area contributed by atoms with Crippen LogP contribution in [0.4, 0.5) is 24.8 Å². The second-order valence-electron chi connectivity index (χ2n) is 9.86. The number of methoxy groups -OCH3 is 1. The summed E-state index contributed by atoms with van der Waals surface area (Å²) in [6.07, 6.45) is -2.82. The number of aromatic nitrogens is 4. The van der Waals surface area contributed by atoms with Crippen LogP contribution < -0.4 is 26.8 Å². The van der Waals surface area contributed by atoms with E-state index in [2.05, 4.69) is 30.6 Å². The Morgan fingerprint density at radius 1 is 1.09 bits per heavy atom. The van der Waals surface area contributed by atoms with Crippen molar-refractivity contribution >= 4 is 46.5 Å². The van der Waals surface area contributed by atoms with Crippen LogP contribution >= 0.6 is 0 Å². The molecule has 0 bridgehead atoms. The molecule has 14 nitrogen and oxygen atoms in total. The van der Waals surface area contributed by atoms with Crippen molar-refractivity contribution in [3.8, 4) is 0 Å². The van der Waals surface area contributed by atoms with Gasteiger partial charge in [-0.05, 0) is 50.1 Å². The average molecular weight is 621 g/mol. The Kier molecular flexibility index (Phi) is 11.1. The summed E-state index contributed by atoms with van der Waals surface area (Å²) in [7, 11) is 1.17. The van der Waals surface area contributed by atoms with Crippen molar-refractivity contribution in [1.29, 1.82) is 0 Å². The number of hydrogen-bond donors (Lipinski definition) is 4. The summed E-state index contributed by atoms with van der Waals surface area (Å²) in [5, 5.41) is 4.94. The number of ether oxygens (including phenoxy) is 1. The van der Waals surface area contributed by atoms with Gasteiger partial charge < -0.3 is 15.8 Å². The molecule has 0 radical (unpaired) electrons. The summed E-state index contributed by atoms with van der Waals surface area (Å²) >= 11 is 0. The molecule has 0 saturated carbocycles. The molecule has 3 aromatic rings. The van der Waals surface area contributed by atoms with Gasteiger partial charge in [0.1, 0.15) is 6.04 Å². The van der Waals surface area contributed by atoms with Gasteiger partial charge in [-0.1, -0.05) is 13.8 Å². The molecular weight excluding hydrogens is 589 g/mol. The number of fused-ring (bicyclic) bond motifs is 1. The molecule has 1 atom stereocenters. The molecule has 0 fully saturated rings. The number of amides is 3. The number of carbonyl (C=O) groups excluding carboxylic acids is 4. The number of rotatable bonds is 12. The molecule has 44 heavy (non-hydrogen) atoms. The molecule has 0 spiro atoms. The number of aromatic amines is 1. The minimum absolute atomic E-state index is 0.00403. The fraction of sp³-hybridized carbons (Fsp3) is 0.407. The summed E-state index contributed by atoms with van der Waals surface area (Å²) in [5.41, 5.74) is 3.72. The van der Waals surface area contributed by atoms with Crippen LogP contribution in [0.25, 0.3) is 11.2 Å². The first-order valence-electron chi connectivity index (χ1n) is 13.4. The highest BCUT2D eigenvalue weighted by Crippen LogP contribution is 2.26. The van der Waals surface area contributed by atoms with Crippen molar-refractivity contribution < 1.29 is 37.1 Å². The van der Waals surface area contributed by atoms with Gasteiger partial charge in [-0.15, -0.1) is 0 Å². The lowest BCUT2D eigenvalue weighted by atomic mass is 10.1. The molecule has 2 aromatic heterocycles. The van der Waals surface area contributed by atoms with Gasteiger partial charge in [0, 0.05) is 17.2 Å². The van der Waals surface area contributed by atoms with Gasteiger partial charge in [-0.3, -0.25) is 34.4 Å². The normalized spacial score (nSPS) is 12.1. The highest BCUT2D eigenvalue weighted by atomic mass is 19.4. The molecule has 5 N–H and O–H groups in total. The minimum Gasteiger partial charge on any atom is -0.467 e. The largest absolute Gasteiger partial charge is 0.471 e. The predicted molar refractivity (Wildman–Crippen MR) is 151 cm³/mol. The Balaban J connectivity index is 1.87. The zero-order valence-electron chi connectivity index (χ0n) is 24.0. The van der Waals surface area contributed by atoms with Gasteiger partial charge in [-0.25, -0.2) is 14.8 Å². The van der Waals surface area contributed by atoms with E-state index in [0.717, 1.165) is 18.3 Å². The lowest BCUT2D eigenvalue weighted by molar-refractivity contribution is -0.170. The SMILES string of the molecule is COC(=O)[C@H](CCCCN)NC(=O)c1ccc(N(Cc2cnc3nc(NC(=O)C(C)C)[nH]c(=O)c3n2)C(=O)C(F)(F)F)cc1. The van der Waals surface area contributed by atoms with Crippen LogP contribution in [-0.4, -0.2) is 69.5 Å². The maximum absolute atomic E-state index is 13.6. The van der Waals surface area contributed by atoms with Crippen molar-refractivity contribution in [3.63, 3.8) is 0 Å². The maximum atomic E-state index is 13.6. The fourth-order valence-electron chi connectivity index (χ4n) is 3.86. The van der Waals surface area contributed by atoms with Crippen LogP contribution in [0.1, 0.15) is 49.2 Å². The van der Waals surface area contributed by atoms with Crippen LogP contribution in [0.3, 0.4) is 0 Å². The number of nitrogens with one attached hydrogen (secondary N) is 3. The Morgan fingerprint density at radius 3 is 2.36 bits per heavy atom. The fourth-order valence-corrected chi connectivity index (χ4v) is 3.86. The van der Waals surface area contributed by atoms with Crippen LogP contribution in [0, 0.1) is 5.92 Å². The van der Waals surface area contributed by atoms with Crippen molar-refractivity contribution in [2.24, 2.45) is 11.7 Å². The first-order valence-corrected chi connectivity index (χ1v) is 13.4. The van der Waals surface area contributed by atoms with Crippen LogP contribution in [-0.2, 0) is 25.7 Å². The predicted octanol–water partition coefficient (Wildman–Crippen LogP) is 1.80. The number of H-pyrrole nitrogens is 1. The Labute approximate surface area is 248 Å². The van der Waals surface area contributed by atoms with Crippen molar-refractivity contribution in [2.75, 3.05) is 23.9 Å². The van der Waals surface area contributed by atoms with Gasteiger partial charge >= 0.3 is 18.1 Å². The number of anilines is 2. The molecule has 3 rings (SSSR count). The molecule has 0 aliphatic rings. The Bertz CT molecular complexity index is 1580. The van der Waals surface area contributed by atoms with Crippen molar-refractivity contribution in [1.82, 2.24) is 25.3 Å². The standard InChI is InChI=1S/C27H31F3N8O6/c1-14(2)21(39)36-26-35-20-19(23(41)37-26)33-16(12-32-20)13-38(25(43)27(28,29)30)17-9-7-15(8-10-17)22(40)34-18(24(42)44-3)6-4-5-11-31/h7-10,12,14,18H,4-6,11,13,31H2,1-3H3,(H,34,40)(H2,32,35,36,37,39,41)/t18-/m0/s1. The number of unbranched alkanes of at least 4 members (excludes halogenated alkanes) is 1. The lowest BCUT2D eigenvalue weighted by Gasteiger charge is -2.24. The summed E-state index contributed by atoms with van der Waals surface area (Å²) in [6, 6.07) is 3.64. The highest BCUT2D eigenvalue weighted by molar-refractivity contribution is 5.99. The van der Waals surface area contributed by atoms with E-state index in [9.17, 15) is 37.1 Å². The maximum Gasteiger partial charge on any atom is 0.471 e. The van der Waals surface area contributed by atoms with E-state index >= 15 is 0 Å². The summed E-state index contributed by atoms with van der Waals surface area (Å²) in [4.78, 5) is 76.4. The van der Waals surface area contributed by atoms with Crippen molar-refractivity contribution in [3.05, 3.63) is 52.1 Å². The third-order valence-corrected chi connectivity index (χ3v) is 6.22. The lowest BCUT2D eigenvalue weighted by Crippen LogP contribution is -2.42. The number of benzene rings is 1. The van der Waals surface area contributed by atoms with E-state index in [0.29, 0.717) is 24.3 Å². The minimum atomic E-state index is -5.28. The molecule has 236 valence electrons. The number of nitrogens with zero attached hydrogens (tertiary/aromatic N) is 4. The number of hydrogen-bond acceptors (Lipinski definition) is 10. The Morgan fingerprint density at radius 2 is 1.77 bits per heavy atom. The van der Waals surface area contributed by atoms with Gasteiger partial charge in [0.2, 0.25) is 11.9 Å². The number of esters is 1. The Hall–Kier alpha value is -4.93. The summed E-state index contributed by atoms with van der Waals surface area (Å²) in [5.74, 6) is -4.61. The van der Waals surface area contributed by atoms with Crippen LogP contribution in [0.2, 0.25) is 0 Å². The summed E-state index contributed by atoms with van der Waals surface area (Å²) < 4.78 is 45.4. The van der Waals surface area contributed by atoms with Gasteiger partial charge in [-0.2, -0.15) is 18.2 Å². The first kappa shape index (κ1) is 33.6. The molecule has 0 aliphatic carbocycles. The smallest absolute Gasteiger partial charge is 0.467 e. The monoisotopic (exact) mass is 620 g/mol.